The zero-order valence-electron chi connectivity index (χ0n) is 12.0. The summed E-state index contributed by atoms with van der Waals surface area (Å²) >= 11 is 0. The summed E-state index contributed by atoms with van der Waals surface area (Å²) < 4.78 is 0. The zero-order chi connectivity index (χ0) is 13.5. The van der Waals surface area contributed by atoms with Gasteiger partial charge in [-0.2, -0.15) is 0 Å². The Bertz CT molecular complexity index is 637. The van der Waals surface area contributed by atoms with E-state index in [0.29, 0.717) is 6.04 Å². The molecule has 3 heterocycles. The molecule has 2 saturated heterocycles. The third-order valence-corrected chi connectivity index (χ3v) is 4.69. The monoisotopic (exact) mass is 267 g/mol. The third kappa shape index (κ3) is 2.06. The minimum absolute atomic E-state index is 0.662. The number of para-hydroxylation sites is 1. The lowest BCUT2D eigenvalue weighted by molar-refractivity contribution is 0.563. The van der Waals surface area contributed by atoms with E-state index in [-0.39, 0.29) is 0 Å². The highest BCUT2D eigenvalue weighted by atomic mass is 15.2. The van der Waals surface area contributed by atoms with Crippen LogP contribution in [0.15, 0.2) is 30.3 Å². The van der Waals surface area contributed by atoms with Gasteiger partial charge in [0.15, 0.2) is 0 Å². The average molecular weight is 267 g/mol. The smallest absolute Gasteiger partial charge is 0.0726 e. The average Bonchev–Trinajstić information content (AvgIpc) is 2.77. The molecule has 4 rings (SSSR count). The van der Waals surface area contributed by atoms with Crippen molar-refractivity contribution in [3.05, 3.63) is 36.0 Å². The summed E-state index contributed by atoms with van der Waals surface area (Å²) in [5.41, 5.74) is 3.59. The maximum absolute atomic E-state index is 4.66. The number of anilines is 1. The molecular formula is C17H21N3. The van der Waals surface area contributed by atoms with E-state index < -0.39 is 0 Å². The minimum Gasteiger partial charge on any atom is -0.369 e. The van der Waals surface area contributed by atoms with Gasteiger partial charge in [-0.05, 0) is 38.3 Å². The van der Waals surface area contributed by atoms with Crippen molar-refractivity contribution in [2.75, 3.05) is 18.0 Å². The van der Waals surface area contributed by atoms with Gasteiger partial charge in [0, 0.05) is 41.9 Å². The molecule has 2 aromatic rings. The number of fused-ring (bicyclic) bond motifs is 3. The van der Waals surface area contributed by atoms with Gasteiger partial charge in [0.05, 0.1) is 5.52 Å². The lowest BCUT2D eigenvalue weighted by Crippen LogP contribution is -2.35. The molecule has 2 atom stereocenters. The molecule has 2 unspecified atom stereocenters. The molecule has 1 N–H and O–H groups in total. The number of hydrogen-bond donors (Lipinski definition) is 1. The molecule has 1 aromatic carbocycles. The Balaban J connectivity index is 1.77. The molecule has 2 aliphatic heterocycles. The molecule has 0 saturated carbocycles. The molecule has 2 aliphatic rings. The van der Waals surface area contributed by atoms with E-state index in [1.54, 1.807) is 0 Å². The zero-order valence-corrected chi connectivity index (χ0v) is 12.0. The summed E-state index contributed by atoms with van der Waals surface area (Å²) in [6.07, 6.45) is 3.93. The van der Waals surface area contributed by atoms with E-state index in [2.05, 4.69) is 52.5 Å². The van der Waals surface area contributed by atoms with Crippen LogP contribution in [0.4, 0.5) is 5.69 Å². The van der Waals surface area contributed by atoms with Crippen LogP contribution in [-0.2, 0) is 0 Å². The molecule has 3 nitrogen and oxygen atoms in total. The maximum Gasteiger partial charge on any atom is 0.0726 e. The van der Waals surface area contributed by atoms with Crippen molar-refractivity contribution in [1.29, 1.82) is 0 Å². The lowest BCUT2D eigenvalue weighted by atomic mass is 10.1. The van der Waals surface area contributed by atoms with Crippen molar-refractivity contribution in [2.45, 2.75) is 38.3 Å². The van der Waals surface area contributed by atoms with E-state index in [1.165, 1.54) is 30.3 Å². The summed E-state index contributed by atoms with van der Waals surface area (Å²) in [7, 11) is 0. The predicted molar refractivity (Wildman–Crippen MR) is 83.3 cm³/mol. The van der Waals surface area contributed by atoms with Crippen LogP contribution in [0, 0.1) is 6.92 Å². The number of nitrogens with zero attached hydrogens (tertiary/aromatic N) is 2. The molecule has 1 aromatic heterocycles. The number of rotatable bonds is 1. The second-order valence-electron chi connectivity index (χ2n) is 6.17. The standard InChI is InChI=1S/C17H21N3/c1-12-10-17(15-4-2-3-5-16(15)18-12)20-9-8-13-6-7-14(11-20)19-13/h2-5,10,13-14,19H,6-9,11H2,1H3. The molecule has 0 radical (unpaired) electrons. The first-order chi connectivity index (χ1) is 9.79. The quantitative estimate of drug-likeness (QED) is 0.861. The Morgan fingerprint density at radius 1 is 1.15 bits per heavy atom. The van der Waals surface area contributed by atoms with Crippen LogP contribution in [0.2, 0.25) is 0 Å². The molecule has 2 fully saturated rings. The third-order valence-electron chi connectivity index (χ3n) is 4.69. The lowest BCUT2D eigenvalue weighted by Gasteiger charge is -2.27. The predicted octanol–water partition coefficient (Wildman–Crippen LogP) is 2.87. The number of pyridine rings is 1. The second kappa shape index (κ2) is 4.74. The summed E-state index contributed by atoms with van der Waals surface area (Å²) in [4.78, 5) is 7.22. The normalized spacial score (nSPS) is 25.9. The fourth-order valence-electron chi connectivity index (χ4n) is 3.71. The van der Waals surface area contributed by atoms with Gasteiger partial charge in [0.25, 0.3) is 0 Å². The van der Waals surface area contributed by atoms with Crippen LogP contribution >= 0.6 is 0 Å². The number of aromatic nitrogens is 1. The van der Waals surface area contributed by atoms with Crippen LogP contribution in [0.1, 0.15) is 25.0 Å². The molecule has 104 valence electrons. The number of aryl methyl sites for hydroxylation is 1. The molecule has 20 heavy (non-hydrogen) atoms. The summed E-state index contributed by atoms with van der Waals surface area (Å²) in [5, 5.41) is 5.05. The Kier molecular flexibility index (Phi) is 2.88. The first kappa shape index (κ1) is 12.2. The molecule has 0 amide bonds. The maximum atomic E-state index is 4.66. The Morgan fingerprint density at radius 2 is 2.00 bits per heavy atom. The van der Waals surface area contributed by atoms with Gasteiger partial charge in [-0.25, -0.2) is 0 Å². The van der Waals surface area contributed by atoms with E-state index in [4.69, 9.17) is 0 Å². The van der Waals surface area contributed by atoms with E-state index >= 15 is 0 Å². The molecule has 0 aliphatic carbocycles. The largest absolute Gasteiger partial charge is 0.369 e. The fraction of sp³-hybridized carbons (Fsp3) is 0.471. The molecule has 2 bridgehead atoms. The Morgan fingerprint density at radius 3 is 2.95 bits per heavy atom. The Hall–Kier alpha value is -1.61. The number of nitrogens with one attached hydrogen (secondary N) is 1. The highest BCUT2D eigenvalue weighted by Gasteiger charge is 2.29. The van der Waals surface area contributed by atoms with Crippen molar-refractivity contribution in [3.63, 3.8) is 0 Å². The van der Waals surface area contributed by atoms with Gasteiger partial charge < -0.3 is 10.2 Å². The van der Waals surface area contributed by atoms with Gasteiger partial charge in [0.2, 0.25) is 0 Å². The van der Waals surface area contributed by atoms with Crippen molar-refractivity contribution in [3.8, 4) is 0 Å². The van der Waals surface area contributed by atoms with Gasteiger partial charge >= 0.3 is 0 Å². The second-order valence-corrected chi connectivity index (χ2v) is 6.17. The highest BCUT2D eigenvalue weighted by Crippen LogP contribution is 2.30. The fourth-order valence-corrected chi connectivity index (χ4v) is 3.71. The number of hydrogen-bond acceptors (Lipinski definition) is 3. The molecule has 0 spiro atoms. The van der Waals surface area contributed by atoms with Crippen LogP contribution in [0.25, 0.3) is 10.9 Å². The summed E-state index contributed by atoms with van der Waals surface area (Å²) in [5.74, 6) is 0. The topological polar surface area (TPSA) is 28.2 Å². The summed E-state index contributed by atoms with van der Waals surface area (Å²) in [6, 6.07) is 12.2. The SMILES string of the molecule is Cc1cc(N2CCC3CCC(C2)N3)c2ccccc2n1. The van der Waals surface area contributed by atoms with E-state index in [9.17, 15) is 0 Å². The van der Waals surface area contributed by atoms with Crippen molar-refractivity contribution < 1.29 is 0 Å². The first-order valence-corrected chi connectivity index (χ1v) is 7.67. The van der Waals surface area contributed by atoms with Crippen LogP contribution in [-0.4, -0.2) is 30.2 Å². The van der Waals surface area contributed by atoms with Gasteiger partial charge in [0.1, 0.15) is 0 Å². The molecular weight excluding hydrogens is 246 g/mol. The minimum atomic E-state index is 0.662. The van der Waals surface area contributed by atoms with Crippen molar-refractivity contribution in [2.24, 2.45) is 0 Å². The van der Waals surface area contributed by atoms with Crippen LogP contribution < -0.4 is 10.2 Å². The van der Waals surface area contributed by atoms with E-state index in [0.717, 1.165) is 30.3 Å². The van der Waals surface area contributed by atoms with Crippen molar-refractivity contribution >= 4 is 16.6 Å². The van der Waals surface area contributed by atoms with E-state index in [1.807, 2.05) is 0 Å². The molecule has 3 heteroatoms. The summed E-state index contributed by atoms with van der Waals surface area (Å²) in [6.45, 7) is 4.38. The number of benzene rings is 1. The van der Waals surface area contributed by atoms with Gasteiger partial charge in [-0.15, -0.1) is 0 Å². The van der Waals surface area contributed by atoms with Crippen LogP contribution in [0.3, 0.4) is 0 Å². The Labute approximate surface area is 120 Å². The first-order valence-electron chi connectivity index (χ1n) is 7.67. The van der Waals surface area contributed by atoms with Crippen molar-refractivity contribution in [1.82, 2.24) is 10.3 Å². The van der Waals surface area contributed by atoms with Gasteiger partial charge in [-0.1, -0.05) is 18.2 Å². The van der Waals surface area contributed by atoms with Crippen LogP contribution in [0.5, 0.6) is 0 Å². The highest BCUT2D eigenvalue weighted by molar-refractivity contribution is 5.92. The van der Waals surface area contributed by atoms with Gasteiger partial charge in [-0.3, -0.25) is 4.98 Å².